The number of carbonyl (C=O) groups is 1. The standard InChI is InChI=1S/C11H16ClN3O3S/c1-15(2)19(17,18)14-8-11(16)13-7-9-3-5-10(12)6-4-9/h3-6,14H,7-8H2,1-2H3,(H,13,16). The maximum Gasteiger partial charge on any atom is 0.279 e. The molecule has 8 heteroatoms. The van der Waals surface area contributed by atoms with E-state index >= 15 is 0 Å². The highest BCUT2D eigenvalue weighted by Crippen LogP contribution is 2.08. The molecule has 0 fully saturated rings. The second kappa shape index (κ2) is 6.85. The lowest BCUT2D eigenvalue weighted by Gasteiger charge is -2.12. The van der Waals surface area contributed by atoms with Crippen molar-refractivity contribution in [1.82, 2.24) is 14.3 Å². The van der Waals surface area contributed by atoms with Crippen LogP contribution in [0.4, 0.5) is 0 Å². The summed E-state index contributed by atoms with van der Waals surface area (Å²) in [6.45, 7) is 0.0216. The molecular formula is C11H16ClN3O3S. The van der Waals surface area contributed by atoms with Gasteiger partial charge < -0.3 is 5.32 Å². The molecule has 1 aromatic carbocycles. The van der Waals surface area contributed by atoms with E-state index in [1.54, 1.807) is 24.3 Å². The van der Waals surface area contributed by atoms with Gasteiger partial charge in [-0.1, -0.05) is 23.7 Å². The molecular weight excluding hydrogens is 290 g/mol. The van der Waals surface area contributed by atoms with Crippen molar-refractivity contribution >= 4 is 27.7 Å². The van der Waals surface area contributed by atoms with Gasteiger partial charge in [0.05, 0.1) is 6.54 Å². The van der Waals surface area contributed by atoms with Crippen LogP contribution in [0.3, 0.4) is 0 Å². The van der Waals surface area contributed by atoms with E-state index in [1.165, 1.54) is 14.1 Å². The van der Waals surface area contributed by atoms with Gasteiger partial charge in [-0.05, 0) is 17.7 Å². The van der Waals surface area contributed by atoms with E-state index in [-0.39, 0.29) is 6.54 Å². The fraction of sp³-hybridized carbons (Fsp3) is 0.364. The summed E-state index contributed by atoms with van der Waals surface area (Å²) in [7, 11) is -0.811. The third-order valence-electron chi connectivity index (χ3n) is 2.30. The van der Waals surface area contributed by atoms with E-state index < -0.39 is 16.1 Å². The minimum atomic E-state index is -3.58. The van der Waals surface area contributed by atoms with Crippen LogP contribution in [0, 0.1) is 0 Å². The first-order chi connectivity index (χ1) is 8.81. The molecule has 1 aromatic rings. The summed E-state index contributed by atoms with van der Waals surface area (Å²) in [5.41, 5.74) is 0.883. The number of nitrogens with zero attached hydrogens (tertiary/aromatic N) is 1. The number of nitrogens with one attached hydrogen (secondary N) is 2. The van der Waals surface area contributed by atoms with Crippen LogP contribution in [0.25, 0.3) is 0 Å². The Hall–Kier alpha value is -1.15. The molecule has 0 radical (unpaired) electrons. The number of halogens is 1. The largest absolute Gasteiger partial charge is 0.351 e. The molecule has 0 spiro atoms. The van der Waals surface area contributed by atoms with Crippen LogP contribution in [0.5, 0.6) is 0 Å². The van der Waals surface area contributed by atoms with Gasteiger partial charge in [-0.25, -0.2) is 0 Å². The summed E-state index contributed by atoms with van der Waals surface area (Å²) in [5.74, 6) is -0.402. The Morgan fingerprint density at radius 2 is 1.84 bits per heavy atom. The maximum atomic E-state index is 11.5. The summed E-state index contributed by atoms with van der Waals surface area (Å²) in [5, 5.41) is 3.22. The Bertz CT molecular complexity index is 529. The quantitative estimate of drug-likeness (QED) is 0.796. The normalized spacial score (nSPS) is 11.6. The second-order valence-corrected chi connectivity index (χ2v) is 6.42. The van der Waals surface area contributed by atoms with Crippen LogP contribution in [0.15, 0.2) is 24.3 Å². The van der Waals surface area contributed by atoms with E-state index in [1.807, 2.05) is 0 Å². The molecule has 0 saturated carbocycles. The lowest BCUT2D eigenvalue weighted by Crippen LogP contribution is -2.41. The van der Waals surface area contributed by atoms with Crippen LogP contribution in [0.1, 0.15) is 5.56 Å². The van der Waals surface area contributed by atoms with Gasteiger partial charge in [0, 0.05) is 25.7 Å². The van der Waals surface area contributed by atoms with E-state index in [2.05, 4.69) is 10.0 Å². The first-order valence-corrected chi connectivity index (χ1v) is 7.31. The molecule has 0 aliphatic heterocycles. The summed E-state index contributed by atoms with van der Waals surface area (Å²) >= 11 is 5.74. The maximum absolute atomic E-state index is 11.5. The van der Waals surface area contributed by atoms with Crippen LogP contribution in [-0.2, 0) is 21.5 Å². The summed E-state index contributed by atoms with van der Waals surface area (Å²) in [4.78, 5) is 11.5. The molecule has 0 bridgehead atoms. The summed E-state index contributed by atoms with van der Waals surface area (Å²) < 4.78 is 25.9. The molecule has 0 unspecified atom stereocenters. The van der Waals surface area contributed by atoms with Crippen molar-refractivity contribution in [2.75, 3.05) is 20.6 Å². The molecule has 2 N–H and O–H groups in total. The van der Waals surface area contributed by atoms with Crippen LogP contribution < -0.4 is 10.0 Å². The van der Waals surface area contributed by atoms with Gasteiger partial charge in [0.15, 0.2) is 0 Å². The third kappa shape index (κ3) is 5.56. The molecule has 106 valence electrons. The third-order valence-corrected chi connectivity index (χ3v) is 4.02. The number of amides is 1. The SMILES string of the molecule is CN(C)S(=O)(=O)NCC(=O)NCc1ccc(Cl)cc1. The Labute approximate surface area is 117 Å². The number of carbonyl (C=O) groups excluding carboxylic acids is 1. The van der Waals surface area contributed by atoms with Crippen molar-refractivity contribution in [2.45, 2.75) is 6.54 Å². The molecule has 1 rings (SSSR count). The molecule has 1 amide bonds. The molecule has 0 heterocycles. The van der Waals surface area contributed by atoms with Crippen LogP contribution in [-0.4, -0.2) is 39.3 Å². The predicted octanol–water partition coefficient (Wildman–Crippen LogP) is 0.352. The minimum Gasteiger partial charge on any atom is -0.351 e. The molecule has 0 saturated heterocycles. The molecule has 0 atom stereocenters. The molecule has 6 nitrogen and oxygen atoms in total. The predicted molar refractivity (Wildman–Crippen MR) is 73.9 cm³/mol. The highest BCUT2D eigenvalue weighted by molar-refractivity contribution is 7.87. The van der Waals surface area contributed by atoms with Gasteiger partial charge in [0.1, 0.15) is 0 Å². The van der Waals surface area contributed by atoms with E-state index in [0.29, 0.717) is 11.6 Å². The van der Waals surface area contributed by atoms with Crippen molar-refractivity contribution in [3.63, 3.8) is 0 Å². The molecule has 19 heavy (non-hydrogen) atoms. The topological polar surface area (TPSA) is 78.5 Å². The lowest BCUT2D eigenvalue weighted by molar-refractivity contribution is -0.120. The van der Waals surface area contributed by atoms with Crippen molar-refractivity contribution in [1.29, 1.82) is 0 Å². The number of benzene rings is 1. The average molecular weight is 306 g/mol. The first kappa shape index (κ1) is 15.9. The zero-order chi connectivity index (χ0) is 14.5. The smallest absolute Gasteiger partial charge is 0.279 e. The Balaban J connectivity index is 2.38. The zero-order valence-corrected chi connectivity index (χ0v) is 12.3. The first-order valence-electron chi connectivity index (χ1n) is 5.49. The summed E-state index contributed by atoms with van der Waals surface area (Å²) in [6.07, 6.45) is 0. The second-order valence-electron chi connectivity index (χ2n) is 4.01. The average Bonchev–Trinajstić information content (AvgIpc) is 2.35. The van der Waals surface area contributed by atoms with Crippen molar-refractivity contribution < 1.29 is 13.2 Å². The summed E-state index contributed by atoms with van der Waals surface area (Å²) in [6, 6.07) is 7.01. The van der Waals surface area contributed by atoms with Crippen molar-refractivity contribution in [2.24, 2.45) is 0 Å². The van der Waals surface area contributed by atoms with E-state index in [9.17, 15) is 13.2 Å². The van der Waals surface area contributed by atoms with Gasteiger partial charge in [-0.15, -0.1) is 0 Å². The fourth-order valence-electron chi connectivity index (χ4n) is 1.15. The van der Waals surface area contributed by atoms with Crippen LogP contribution in [0.2, 0.25) is 5.02 Å². The van der Waals surface area contributed by atoms with E-state index in [4.69, 9.17) is 11.6 Å². The van der Waals surface area contributed by atoms with Crippen molar-refractivity contribution in [3.8, 4) is 0 Å². The monoisotopic (exact) mass is 305 g/mol. The number of hydrogen-bond acceptors (Lipinski definition) is 3. The molecule has 0 aliphatic rings. The Morgan fingerprint density at radius 1 is 1.26 bits per heavy atom. The van der Waals surface area contributed by atoms with E-state index in [0.717, 1.165) is 9.87 Å². The van der Waals surface area contributed by atoms with Crippen LogP contribution >= 0.6 is 11.6 Å². The minimum absolute atomic E-state index is 0.298. The van der Waals surface area contributed by atoms with Gasteiger partial charge in [-0.2, -0.15) is 17.4 Å². The van der Waals surface area contributed by atoms with Gasteiger partial charge >= 0.3 is 0 Å². The Morgan fingerprint density at radius 3 is 2.37 bits per heavy atom. The van der Waals surface area contributed by atoms with Gasteiger partial charge in [-0.3, -0.25) is 4.79 Å². The van der Waals surface area contributed by atoms with Crippen molar-refractivity contribution in [3.05, 3.63) is 34.9 Å². The lowest BCUT2D eigenvalue weighted by atomic mass is 10.2. The number of rotatable bonds is 6. The highest BCUT2D eigenvalue weighted by atomic mass is 35.5. The highest BCUT2D eigenvalue weighted by Gasteiger charge is 2.14. The fourth-order valence-corrected chi connectivity index (χ4v) is 1.85. The zero-order valence-electron chi connectivity index (χ0n) is 10.7. The van der Waals surface area contributed by atoms with Gasteiger partial charge in [0.2, 0.25) is 5.91 Å². The molecule has 0 aliphatic carbocycles. The Kier molecular flexibility index (Phi) is 5.74. The molecule has 0 aromatic heterocycles. The number of hydrogen-bond donors (Lipinski definition) is 2. The van der Waals surface area contributed by atoms with Gasteiger partial charge in [0.25, 0.3) is 10.2 Å².